The van der Waals surface area contributed by atoms with Gasteiger partial charge in [-0.25, -0.2) is 9.69 Å². The van der Waals surface area contributed by atoms with Gasteiger partial charge >= 0.3 is 6.09 Å². The minimum absolute atomic E-state index is 0.180. The first-order chi connectivity index (χ1) is 14.2. The highest BCUT2D eigenvalue weighted by atomic mass is 16.6. The highest BCUT2D eigenvalue weighted by Crippen LogP contribution is 2.21. The third-order valence-electron chi connectivity index (χ3n) is 5.23. The van der Waals surface area contributed by atoms with Crippen LogP contribution in [-0.2, 0) is 22.4 Å². The van der Waals surface area contributed by atoms with E-state index in [2.05, 4.69) is 24.3 Å². The zero-order chi connectivity index (χ0) is 20.1. The van der Waals surface area contributed by atoms with E-state index in [9.17, 15) is 9.59 Å². The summed E-state index contributed by atoms with van der Waals surface area (Å²) in [5.41, 5.74) is 4.47. The molecule has 1 aliphatic heterocycles. The van der Waals surface area contributed by atoms with Crippen LogP contribution in [0.25, 0.3) is 11.1 Å². The largest absolute Gasteiger partial charge is 0.447 e. The number of carbonyl (C=O) groups excluding carboxylic acids is 2. The number of cyclic esters (lactones) is 1. The average molecular weight is 385 g/mol. The first-order valence-electron chi connectivity index (χ1n) is 9.88. The van der Waals surface area contributed by atoms with E-state index < -0.39 is 6.09 Å². The fourth-order valence-corrected chi connectivity index (χ4v) is 3.67. The number of aryl methyl sites for hydroxylation is 1. The summed E-state index contributed by atoms with van der Waals surface area (Å²) in [6.45, 7) is 0.255. The van der Waals surface area contributed by atoms with Crippen LogP contribution >= 0.6 is 0 Å². The fraction of sp³-hybridized carbons (Fsp3) is 0.200. The summed E-state index contributed by atoms with van der Waals surface area (Å²) < 4.78 is 5.15. The molecule has 3 aromatic carbocycles. The molecule has 146 valence electrons. The Bertz CT molecular complexity index is 968. The third kappa shape index (κ3) is 4.54. The van der Waals surface area contributed by atoms with E-state index in [1.165, 1.54) is 10.5 Å². The number of carbonyl (C=O) groups is 2. The molecule has 1 atom stereocenters. The molecule has 0 aliphatic carbocycles. The van der Waals surface area contributed by atoms with Gasteiger partial charge in [-0.1, -0.05) is 84.9 Å². The number of hydrogen-bond acceptors (Lipinski definition) is 3. The molecule has 4 nitrogen and oxygen atoms in total. The number of rotatable bonds is 6. The van der Waals surface area contributed by atoms with E-state index in [-0.39, 0.29) is 25.0 Å². The van der Waals surface area contributed by atoms with Crippen molar-refractivity contribution in [3.63, 3.8) is 0 Å². The average Bonchev–Trinajstić information content (AvgIpc) is 3.13. The molecule has 0 spiro atoms. The summed E-state index contributed by atoms with van der Waals surface area (Å²) in [6, 6.07) is 28.0. The second kappa shape index (κ2) is 8.74. The predicted molar refractivity (Wildman–Crippen MR) is 112 cm³/mol. The summed E-state index contributed by atoms with van der Waals surface area (Å²) in [6.07, 6.45) is 0.959. The van der Waals surface area contributed by atoms with Crippen LogP contribution in [0, 0.1) is 0 Å². The molecule has 0 unspecified atom stereocenters. The Morgan fingerprint density at radius 2 is 1.45 bits per heavy atom. The lowest BCUT2D eigenvalue weighted by Crippen LogP contribution is -2.40. The van der Waals surface area contributed by atoms with Gasteiger partial charge in [0.05, 0.1) is 6.04 Å². The SMILES string of the molecule is O=C(CCc1ccc(-c2ccccc2)cc1)N1C(=O)OC[C@@H]1Cc1ccccc1. The molecule has 0 N–H and O–H groups in total. The number of nitrogens with zero attached hydrogens (tertiary/aromatic N) is 1. The van der Waals surface area contributed by atoms with Crippen molar-refractivity contribution in [3.8, 4) is 11.1 Å². The molecular weight excluding hydrogens is 362 g/mol. The van der Waals surface area contributed by atoms with E-state index in [0.29, 0.717) is 12.8 Å². The van der Waals surface area contributed by atoms with Crippen molar-refractivity contribution in [3.05, 3.63) is 96.1 Å². The summed E-state index contributed by atoms with van der Waals surface area (Å²) in [4.78, 5) is 26.2. The second-order valence-electron chi connectivity index (χ2n) is 7.25. The van der Waals surface area contributed by atoms with Crippen LogP contribution < -0.4 is 0 Å². The normalized spacial score (nSPS) is 15.9. The Hall–Kier alpha value is -3.40. The smallest absolute Gasteiger partial charge is 0.416 e. The Balaban J connectivity index is 1.37. The summed E-state index contributed by atoms with van der Waals surface area (Å²) in [5.74, 6) is -0.180. The first kappa shape index (κ1) is 18.9. The van der Waals surface area contributed by atoms with Gasteiger partial charge < -0.3 is 4.74 Å². The molecular formula is C25H23NO3. The van der Waals surface area contributed by atoms with Crippen molar-refractivity contribution < 1.29 is 14.3 Å². The second-order valence-corrected chi connectivity index (χ2v) is 7.25. The Kier molecular flexibility index (Phi) is 5.71. The molecule has 2 amide bonds. The van der Waals surface area contributed by atoms with E-state index >= 15 is 0 Å². The van der Waals surface area contributed by atoms with Gasteiger partial charge in [0.25, 0.3) is 0 Å². The molecule has 4 rings (SSSR count). The van der Waals surface area contributed by atoms with Crippen LogP contribution in [0.3, 0.4) is 0 Å². The minimum atomic E-state index is -0.532. The molecule has 1 saturated heterocycles. The monoisotopic (exact) mass is 385 g/mol. The summed E-state index contributed by atoms with van der Waals surface area (Å²) in [5, 5.41) is 0. The van der Waals surface area contributed by atoms with Crippen LogP contribution in [0.1, 0.15) is 17.5 Å². The van der Waals surface area contributed by atoms with Crippen molar-refractivity contribution in [2.45, 2.75) is 25.3 Å². The quantitative estimate of drug-likeness (QED) is 0.608. The maximum atomic E-state index is 12.7. The van der Waals surface area contributed by atoms with Crippen molar-refractivity contribution in [1.29, 1.82) is 0 Å². The molecule has 0 saturated carbocycles. The molecule has 4 heteroatoms. The maximum Gasteiger partial charge on any atom is 0.416 e. The van der Waals surface area contributed by atoms with Gasteiger partial charge in [-0.2, -0.15) is 0 Å². The third-order valence-corrected chi connectivity index (χ3v) is 5.23. The van der Waals surface area contributed by atoms with Crippen LogP contribution in [-0.4, -0.2) is 29.5 Å². The number of hydrogen-bond donors (Lipinski definition) is 0. The van der Waals surface area contributed by atoms with Crippen molar-refractivity contribution in [2.24, 2.45) is 0 Å². The molecule has 1 fully saturated rings. The van der Waals surface area contributed by atoms with Gasteiger partial charge in [0.2, 0.25) is 5.91 Å². The first-order valence-corrected chi connectivity index (χ1v) is 9.88. The lowest BCUT2D eigenvalue weighted by Gasteiger charge is -2.19. The molecule has 0 bridgehead atoms. The van der Waals surface area contributed by atoms with Gasteiger partial charge in [0.1, 0.15) is 6.61 Å². The van der Waals surface area contributed by atoms with E-state index in [1.807, 2.05) is 60.7 Å². The van der Waals surface area contributed by atoms with Gasteiger partial charge in [-0.3, -0.25) is 4.79 Å². The summed E-state index contributed by atoms with van der Waals surface area (Å²) in [7, 11) is 0. The fourth-order valence-electron chi connectivity index (χ4n) is 3.67. The molecule has 3 aromatic rings. The lowest BCUT2D eigenvalue weighted by molar-refractivity contribution is -0.129. The zero-order valence-corrected chi connectivity index (χ0v) is 16.2. The van der Waals surface area contributed by atoms with Crippen LogP contribution in [0.2, 0.25) is 0 Å². The Labute approximate surface area is 170 Å². The lowest BCUT2D eigenvalue weighted by atomic mass is 10.0. The summed E-state index contributed by atoms with van der Waals surface area (Å²) >= 11 is 0. The number of amides is 2. The molecule has 0 aromatic heterocycles. The van der Waals surface area contributed by atoms with Crippen molar-refractivity contribution in [1.82, 2.24) is 4.90 Å². The standard InChI is InChI=1S/C25H23NO3/c27-24(26-23(18-29-25(26)28)17-20-7-3-1-4-8-20)16-13-19-11-14-22(15-12-19)21-9-5-2-6-10-21/h1-12,14-15,23H,13,16-18H2/t23-/m0/s1. The number of ether oxygens (including phenoxy) is 1. The van der Waals surface area contributed by atoms with Crippen LogP contribution in [0.15, 0.2) is 84.9 Å². The van der Waals surface area contributed by atoms with Gasteiger partial charge in [-0.05, 0) is 35.1 Å². The van der Waals surface area contributed by atoms with Gasteiger partial charge in [-0.15, -0.1) is 0 Å². The van der Waals surface area contributed by atoms with Gasteiger partial charge in [0.15, 0.2) is 0 Å². The van der Waals surface area contributed by atoms with Crippen molar-refractivity contribution >= 4 is 12.0 Å². The van der Waals surface area contributed by atoms with Crippen LogP contribution in [0.5, 0.6) is 0 Å². The number of imide groups is 1. The number of benzene rings is 3. The zero-order valence-electron chi connectivity index (χ0n) is 16.2. The highest BCUT2D eigenvalue weighted by Gasteiger charge is 2.37. The van der Waals surface area contributed by atoms with Crippen LogP contribution in [0.4, 0.5) is 4.79 Å². The van der Waals surface area contributed by atoms with E-state index in [1.54, 1.807) is 0 Å². The minimum Gasteiger partial charge on any atom is -0.447 e. The predicted octanol–water partition coefficient (Wildman–Crippen LogP) is 4.88. The Morgan fingerprint density at radius 3 is 2.14 bits per heavy atom. The molecule has 29 heavy (non-hydrogen) atoms. The Morgan fingerprint density at radius 1 is 0.828 bits per heavy atom. The molecule has 0 radical (unpaired) electrons. The topological polar surface area (TPSA) is 46.6 Å². The van der Waals surface area contributed by atoms with E-state index in [4.69, 9.17) is 4.74 Å². The highest BCUT2D eigenvalue weighted by molar-refractivity contribution is 5.93. The van der Waals surface area contributed by atoms with Crippen molar-refractivity contribution in [2.75, 3.05) is 6.61 Å². The molecule has 1 heterocycles. The molecule has 1 aliphatic rings. The van der Waals surface area contributed by atoms with Gasteiger partial charge in [0, 0.05) is 6.42 Å². The van der Waals surface area contributed by atoms with E-state index in [0.717, 1.165) is 16.7 Å². The maximum absolute atomic E-state index is 12.7.